The molecule has 0 saturated carbocycles. The van der Waals surface area contributed by atoms with Crippen molar-refractivity contribution in [2.24, 2.45) is 0 Å². The SMILES string of the molecule is O=S(=O)(O)C(S(=O)(=O)C(F)(F)C(F)(F)C(F)(F)C(F)(F)F)(S(=O)(=O)C(F)(F)C(F)(F)C(F)(F)C(F)(F)F)S(=O)(=O)C(F)(F)C(F)(F)C(F)(F)C(F)(F)F. The summed E-state index contributed by atoms with van der Waals surface area (Å²) >= 11 is 0. The molecule has 1 N–H and O–H groups in total. The van der Waals surface area contributed by atoms with Gasteiger partial charge in [0.15, 0.2) is 0 Å². The van der Waals surface area contributed by atoms with Crippen LogP contribution in [0.2, 0.25) is 0 Å². The Balaban J connectivity index is 9.92. The lowest BCUT2D eigenvalue weighted by Crippen LogP contribution is -2.77. The highest BCUT2D eigenvalue weighted by Crippen LogP contribution is 2.66. The van der Waals surface area contributed by atoms with E-state index in [-0.39, 0.29) is 0 Å². The number of halogens is 27. The molecular formula is C13HF27O9S4. The van der Waals surface area contributed by atoms with Crippen LogP contribution in [-0.4, -0.2) is 111 Å². The standard InChI is InChI=1S/C13HF27O9S4/c14-1(15,7(26,27)28)4(20,21)10(35,36)50(41,42)13(53(47,48)49,51(43,44)11(37,38)5(22,23)2(16,17)8(29,30)31)52(45,46)12(39,40)6(24,25)3(18,19)9(32,33)34/h(H,47,48,49). The summed E-state index contributed by atoms with van der Waals surface area (Å²) in [6.07, 6.45) is -26.1. The summed E-state index contributed by atoms with van der Waals surface area (Å²) in [5.74, 6) is -57.4. The minimum Gasteiger partial charge on any atom is -0.283 e. The Bertz CT molecular complexity index is 1690. The largest absolute Gasteiger partial charge is 0.460 e. The second kappa shape index (κ2) is 11.9. The van der Waals surface area contributed by atoms with Gasteiger partial charge in [-0.15, -0.1) is 0 Å². The molecule has 0 aromatic carbocycles. The predicted molar refractivity (Wildman–Crippen MR) is 104 cm³/mol. The third-order valence-electron chi connectivity index (χ3n) is 5.66. The van der Waals surface area contributed by atoms with Crippen LogP contribution in [0.5, 0.6) is 0 Å². The van der Waals surface area contributed by atoms with Gasteiger partial charge in [-0.25, -0.2) is 25.3 Å². The lowest BCUT2D eigenvalue weighted by atomic mass is 10.1. The molecule has 0 heterocycles. The monoisotopic (exact) mass is 942 g/mol. The molecule has 0 aromatic rings. The summed E-state index contributed by atoms with van der Waals surface area (Å²) < 4.78 is 458. The van der Waals surface area contributed by atoms with Crippen LogP contribution in [0.25, 0.3) is 0 Å². The average Bonchev–Trinajstić information content (AvgIpc) is 2.84. The Morgan fingerprint density at radius 3 is 0.491 bits per heavy atom. The zero-order valence-electron chi connectivity index (χ0n) is 22.1. The molecule has 0 saturated heterocycles. The summed E-state index contributed by atoms with van der Waals surface area (Å²) in [5, 5.41) is -30.6. The van der Waals surface area contributed by atoms with Gasteiger partial charge in [-0.3, -0.25) is 4.55 Å². The van der Waals surface area contributed by atoms with E-state index in [1.165, 1.54) is 0 Å². The van der Waals surface area contributed by atoms with Gasteiger partial charge in [0.2, 0.25) is 0 Å². The van der Waals surface area contributed by atoms with Gasteiger partial charge in [-0.2, -0.15) is 127 Å². The number of hydrogen-bond acceptors (Lipinski definition) is 8. The first-order chi connectivity index (χ1) is 22.0. The molecule has 0 rings (SSSR count). The van der Waals surface area contributed by atoms with Gasteiger partial charge in [0.1, 0.15) is 0 Å². The second-order valence-corrected chi connectivity index (χ2v) is 18.5. The third-order valence-corrected chi connectivity index (χ3v) is 18.9. The van der Waals surface area contributed by atoms with Crippen molar-refractivity contribution in [1.82, 2.24) is 0 Å². The van der Waals surface area contributed by atoms with Crippen molar-refractivity contribution in [2.75, 3.05) is 0 Å². The van der Waals surface area contributed by atoms with E-state index in [2.05, 4.69) is 0 Å². The topological polar surface area (TPSA) is 157 Å². The van der Waals surface area contributed by atoms with E-state index in [0.29, 0.717) is 0 Å². The van der Waals surface area contributed by atoms with Crippen LogP contribution in [-0.2, 0) is 39.6 Å². The summed E-state index contributed by atoms with van der Waals surface area (Å²) in [5.41, 5.74) is 0. The number of rotatable bonds is 13. The molecule has 320 valence electrons. The van der Waals surface area contributed by atoms with Crippen molar-refractivity contribution in [3.8, 4) is 0 Å². The Morgan fingerprint density at radius 2 is 0.396 bits per heavy atom. The van der Waals surface area contributed by atoms with Crippen LogP contribution in [0.1, 0.15) is 0 Å². The van der Waals surface area contributed by atoms with Gasteiger partial charge < -0.3 is 0 Å². The third kappa shape index (κ3) is 5.68. The molecule has 0 aliphatic heterocycles. The molecular weight excluding hydrogens is 941 g/mol. The van der Waals surface area contributed by atoms with Gasteiger partial charge in [-0.1, -0.05) is 0 Å². The number of alkyl halides is 27. The first kappa shape index (κ1) is 50.9. The maximum atomic E-state index is 14.6. The molecule has 0 unspecified atom stereocenters. The highest BCUT2D eigenvalue weighted by atomic mass is 32.4. The van der Waals surface area contributed by atoms with Crippen molar-refractivity contribution in [1.29, 1.82) is 0 Å². The van der Waals surface area contributed by atoms with Gasteiger partial charge in [0, 0.05) is 0 Å². The molecule has 0 atom stereocenters. The van der Waals surface area contributed by atoms with E-state index in [1.807, 2.05) is 0 Å². The van der Waals surface area contributed by atoms with Crippen molar-refractivity contribution in [3.05, 3.63) is 0 Å². The summed E-state index contributed by atoms with van der Waals surface area (Å²) in [4.78, 5) is 0. The van der Waals surface area contributed by atoms with Crippen LogP contribution in [0.3, 0.4) is 0 Å². The van der Waals surface area contributed by atoms with E-state index in [0.717, 1.165) is 0 Å². The van der Waals surface area contributed by atoms with E-state index in [1.54, 1.807) is 0 Å². The molecule has 0 aliphatic carbocycles. The molecule has 0 radical (unpaired) electrons. The maximum absolute atomic E-state index is 14.6. The first-order valence-electron chi connectivity index (χ1n) is 10.3. The fourth-order valence-electron chi connectivity index (χ4n) is 2.91. The lowest BCUT2D eigenvalue weighted by Gasteiger charge is -2.42. The minimum atomic E-state index is -11.8. The van der Waals surface area contributed by atoms with E-state index in [9.17, 15) is 152 Å². The van der Waals surface area contributed by atoms with E-state index < -0.39 is 112 Å². The highest BCUT2D eigenvalue weighted by molar-refractivity contribution is 8.39. The second-order valence-electron chi connectivity index (χ2n) is 8.98. The molecule has 0 aliphatic rings. The van der Waals surface area contributed by atoms with Crippen LogP contribution < -0.4 is 0 Å². The van der Waals surface area contributed by atoms with Crippen molar-refractivity contribution >= 4 is 39.6 Å². The molecule has 9 nitrogen and oxygen atoms in total. The van der Waals surface area contributed by atoms with Crippen LogP contribution in [0.15, 0.2) is 0 Å². The maximum Gasteiger partial charge on any atom is 0.460 e. The Hall–Kier alpha value is -2.13. The predicted octanol–water partition coefficient (Wildman–Crippen LogP) is 6.01. The van der Waals surface area contributed by atoms with Crippen LogP contribution in [0.4, 0.5) is 119 Å². The first-order valence-corrected chi connectivity index (χ1v) is 16.2. The molecule has 0 bridgehead atoms. The van der Waals surface area contributed by atoms with Crippen LogP contribution >= 0.6 is 0 Å². The molecule has 0 amide bonds. The lowest BCUT2D eigenvalue weighted by molar-refractivity contribution is -0.382. The van der Waals surface area contributed by atoms with Crippen molar-refractivity contribution < 1.29 is 157 Å². The molecule has 0 aromatic heterocycles. The molecule has 40 heteroatoms. The Labute approximate surface area is 269 Å². The number of hydrogen-bond donors (Lipinski definition) is 1. The molecule has 0 fully saturated rings. The zero-order valence-corrected chi connectivity index (χ0v) is 25.3. The van der Waals surface area contributed by atoms with Crippen molar-refractivity contribution in [2.45, 2.75) is 72.6 Å². The van der Waals surface area contributed by atoms with E-state index >= 15 is 0 Å². The molecule has 53 heavy (non-hydrogen) atoms. The summed E-state index contributed by atoms with van der Waals surface area (Å²) in [6, 6.07) is 0. The Morgan fingerprint density at radius 1 is 0.264 bits per heavy atom. The van der Waals surface area contributed by atoms with Gasteiger partial charge >= 0.3 is 82.7 Å². The minimum absolute atomic E-state index is 8.70. The Kier molecular flexibility index (Phi) is 11.5. The van der Waals surface area contributed by atoms with E-state index in [4.69, 9.17) is 4.55 Å². The summed E-state index contributed by atoms with van der Waals surface area (Å²) in [7, 11) is -46.2. The average molecular weight is 942 g/mol. The summed E-state index contributed by atoms with van der Waals surface area (Å²) in [6.45, 7) is 0. The van der Waals surface area contributed by atoms with Gasteiger partial charge in [-0.05, 0) is 0 Å². The van der Waals surface area contributed by atoms with Gasteiger partial charge in [0.25, 0.3) is 29.5 Å². The number of sulfone groups is 3. The molecule has 0 spiro atoms. The normalized spacial score (nSPS) is 17.3. The fraction of sp³-hybridized carbons (Fsp3) is 1.00. The fourth-order valence-corrected chi connectivity index (χ4v) is 14.9. The highest BCUT2D eigenvalue weighted by Gasteiger charge is 3.00. The quantitative estimate of drug-likeness (QED) is 0.173. The smallest absolute Gasteiger partial charge is 0.283 e. The zero-order chi connectivity index (χ0) is 44.5. The van der Waals surface area contributed by atoms with Crippen molar-refractivity contribution in [3.63, 3.8) is 0 Å². The van der Waals surface area contributed by atoms with Crippen LogP contribution in [0, 0.1) is 0 Å². The van der Waals surface area contributed by atoms with Gasteiger partial charge in [0.05, 0.1) is 0 Å².